The Morgan fingerprint density at radius 1 is 0.318 bits per heavy atom. The van der Waals surface area contributed by atoms with Gasteiger partial charge in [0.1, 0.15) is 0 Å². The van der Waals surface area contributed by atoms with Crippen molar-refractivity contribution in [2.24, 2.45) is 0 Å². The predicted octanol–water partition coefficient (Wildman–Crippen LogP) is 4.43. The summed E-state index contributed by atoms with van der Waals surface area (Å²) < 4.78 is 0. The molecule has 0 N–H and O–H groups in total. The van der Waals surface area contributed by atoms with Gasteiger partial charge in [-0.15, -0.1) is 0 Å². The lowest BCUT2D eigenvalue weighted by Crippen LogP contribution is -2.01. The van der Waals surface area contributed by atoms with Crippen molar-refractivity contribution in [3.8, 4) is 23.0 Å². The molecule has 0 saturated carbocycles. The third-order valence-corrected chi connectivity index (χ3v) is 2.78. The molecule has 0 spiro atoms. The average Bonchev–Trinajstić information content (AvgIpc) is 2.61. The lowest BCUT2D eigenvalue weighted by atomic mass is 10.3. The fourth-order valence-corrected chi connectivity index (χ4v) is 1.70. The number of hydrogen-bond donors (Lipinski definition) is 0. The maximum absolute atomic E-state index is 5.21. The van der Waals surface area contributed by atoms with Crippen molar-refractivity contribution in [3.05, 3.63) is 84.9 Å². The van der Waals surface area contributed by atoms with Crippen molar-refractivity contribution >= 4 is 0 Å². The van der Waals surface area contributed by atoms with E-state index in [1.165, 1.54) is 0 Å². The Balaban J connectivity index is 1.52. The van der Waals surface area contributed by atoms with Crippen LogP contribution in [0, 0.1) is 0 Å². The Bertz CT molecular complexity index is 619. The molecule has 4 heteroatoms. The molecule has 0 unspecified atom stereocenters. The van der Waals surface area contributed by atoms with Crippen molar-refractivity contribution in [2.45, 2.75) is 0 Å². The number of para-hydroxylation sites is 2. The van der Waals surface area contributed by atoms with Crippen LogP contribution in [0.5, 0.6) is 23.0 Å². The summed E-state index contributed by atoms with van der Waals surface area (Å²) in [5.41, 5.74) is 0. The van der Waals surface area contributed by atoms with Crippen molar-refractivity contribution in [1.29, 1.82) is 0 Å². The van der Waals surface area contributed by atoms with E-state index < -0.39 is 0 Å². The molecule has 0 saturated heterocycles. The van der Waals surface area contributed by atoms with Crippen molar-refractivity contribution in [1.82, 2.24) is 0 Å². The molecule has 0 aliphatic rings. The Morgan fingerprint density at radius 2 is 0.591 bits per heavy atom. The van der Waals surface area contributed by atoms with Gasteiger partial charge in [0.15, 0.2) is 23.0 Å². The second-order valence-corrected chi connectivity index (χ2v) is 4.43. The van der Waals surface area contributed by atoms with Gasteiger partial charge >= 0.3 is 0 Å². The van der Waals surface area contributed by atoms with Crippen LogP contribution in [-0.4, -0.2) is 0 Å². The maximum Gasteiger partial charge on any atom is 0.178 e. The zero-order valence-corrected chi connectivity index (χ0v) is 11.7. The third-order valence-electron chi connectivity index (χ3n) is 2.78. The van der Waals surface area contributed by atoms with E-state index in [2.05, 4.69) is 0 Å². The van der Waals surface area contributed by atoms with Crippen LogP contribution in [0.25, 0.3) is 0 Å². The number of benzene rings is 3. The highest BCUT2D eigenvalue weighted by atomic mass is 17.2. The minimum absolute atomic E-state index is 0.566. The van der Waals surface area contributed by atoms with Gasteiger partial charge in [-0.25, -0.2) is 0 Å². The molecular weight excluding hydrogens is 280 g/mol. The number of rotatable bonds is 6. The lowest BCUT2D eigenvalue weighted by Gasteiger charge is -2.07. The highest BCUT2D eigenvalue weighted by molar-refractivity contribution is 5.31. The van der Waals surface area contributed by atoms with E-state index in [-0.39, 0.29) is 0 Å². The standard InChI is InChI=1S/C18H14O4/c1-3-7-15(8-4-1)19-21-17-11-13-18(14-12-17)22-20-16-9-5-2-6-10-16/h1-14H. The molecule has 4 nitrogen and oxygen atoms in total. The van der Waals surface area contributed by atoms with E-state index in [1.807, 2.05) is 60.7 Å². The van der Waals surface area contributed by atoms with Gasteiger partial charge in [0.2, 0.25) is 0 Å². The summed E-state index contributed by atoms with van der Waals surface area (Å²) in [6, 6.07) is 25.5. The van der Waals surface area contributed by atoms with Crippen molar-refractivity contribution < 1.29 is 19.6 Å². The molecule has 0 aliphatic heterocycles. The molecule has 110 valence electrons. The molecule has 0 radical (unpaired) electrons. The highest BCUT2D eigenvalue weighted by Gasteiger charge is 2.00. The minimum atomic E-state index is 0.566. The first-order chi connectivity index (χ1) is 10.9. The average molecular weight is 294 g/mol. The first-order valence-electron chi connectivity index (χ1n) is 6.79. The molecule has 3 aromatic carbocycles. The summed E-state index contributed by atoms with van der Waals surface area (Å²) >= 11 is 0. The summed E-state index contributed by atoms with van der Waals surface area (Å²) in [7, 11) is 0. The largest absolute Gasteiger partial charge is 0.290 e. The minimum Gasteiger partial charge on any atom is -0.290 e. The van der Waals surface area contributed by atoms with Crippen LogP contribution in [0.2, 0.25) is 0 Å². The van der Waals surface area contributed by atoms with E-state index >= 15 is 0 Å². The molecule has 0 aliphatic carbocycles. The third kappa shape index (κ3) is 3.93. The molecule has 0 aromatic heterocycles. The summed E-state index contributed by atoms with van der Waals surface area (Å²) in [6.45, 7) is 0. The maximum atomic E-state index is 5.21. The van der Waals surface area contributed by atoms with Gasteiger partial charge in [-0.2, -0.15) is 0 Å². The number of hydrogen-bond acceptors (Lipinski definition) is 4. The van der Waals surface area contributed by atoms with Gasteiger partial charge in [0, 0.05) is 0 Å². The predicted molar refractivity (Wildman–Crippen MR) is 81.8 cm³/mol. The fraction of sp³-hybridized carbons (Fsp3) is 0. The zero-order valence-electron chi connectivity index (χ0n) is 11.7. The van der Waals surface area contributed by atoms with Gasteiger partial charge in [0.05, 0.1) is 0 Å². The lowest BCUT2D eigenvalue weighted by molar-refractivity contribution is -0.103. The summed E-state index contributed by atoms with van der Waals surface area (Å²) in [6.07, 6.45) is 0. The van der Waals surface area contributed by atoms with E-state index in [0.717, 1.165) is 0 Å². The fourth-order valence-electron chi connectivity index (χ4n) is 1.70. The highest BCUT2D eigenvalue weighted by Crippen LogP contribution is 2.20. The first-order valence-corrected chi connectivity index (χ1v) is 6.79. The van der Waals surface area contributed by atoms with E-state index in [0.29, 0.717) is 23.0 Å². The molecule has 0 amide bonds. The normalized spacial score (nSPS) is 9.82. The Labute approximate surface area is 128 Å². The van der Waals surface area contributed by atoms with Crippen molar-refractivity contribution in [3.63, 3.8) is 0 Å². The summed E-state index contributed by atoms with van der Waals surface area (Å²) in [4.78, 5) is 20.8. The molecule has 0 heterocycles. The van der Waals surface area contributed by atoms with Crippen LogP contribution < -0.4 is 19.6 Å². The smallest absolute Gasteiger partial charge is 0.178 e. The molecule has 3 rings (SSSR count). The van der Waals surface area contributed by atoms with Gasteiger partial charge in [0.25, 0.3) is 0 Å². The van der Waals surface area contributed by atoms with E-state index in [9.17, 15) is 0 Å². The van der Waals surface area contributed by atoms with Crippen LogP contribution in [0.15, 0.2) is 84.9 Å². The van der Waals surface area contributed by atoms with Gasteiger partial charge < -0.3 is 0 Å². The van der Waals surface area contributed by atoms with Crippen LogP contribution in [0.1, 0.15) is 0 Å². The molecule has 22 heavy (non-hydrogen) atoms. The van der Waals surface area contributed by atoms with E-state index in [4.69, 9.17) is 19.6 Å². The van der Waals surface area contributed by atoms with Crippen molar-refractivity contribution in [2.75, 3.05) is 0 Å². The van der Waals surface area contributed by atoms with E-state index in [1.54, 1.807) is 24.3 Å². The van der Waals surface area contributed by atoms with Crippen LogP contribution in [0.4, 0.5) is 0 Å². The Morgan fingerprint density at radius 3 is 0.909 bits per heavy atom. The molecule has 0 bridgehead atoms. The van der Waals surface area contributed by atoms with Gasteiger partial charge in [-0.3, -0.25) is 19.6 Å². The van der Waals surface area contributed by atoms with Gasteiger partial charge in [-0.05, 0) is 48.5 Å². The second-order valence-electron chi connectivity index (χ2n) is 4.43. The quantitative estimate of drug-likeness (QED) is 0.498. The molecular formula is C18H14O4. The summed E-state index contributed by atoms with van der Waals surface area (Å²) in [5.74, 6) is 2.40. The topological polar surface area (TPSA) is 36.9 Å². The second kappa shape index (κ2) is 7.04. The van der Waals surface area contributed by atoms with Crippen LogP contribution in [-0.2, 0) is 0 Å². The van der Waals surface area contributed by atoms with Crippen LogP contribution >= 0.6 is 0 Å². The molecule has 0 fully saturated rings. The zero-order chi connectivity index (χ0) is 15.0. The Kier molecular flexibility index (Phi) is 4.42. The van der Waals surface area contributed by atoms with Gasteiger partial charge in [-0.1, -0.05) is 36.4 Å². The Hall–Kier alpha value is -3.14. The molecule has 3 aromatic rings. The SMILES string of the molecule is c1ccc(OOc2ccc(OOc3ccccc3)cc2)cc1. The first kappa shape index (κ1) is 13.8. The molecule has 0 atom stereocenters. The summed E-state index contributed by atoms with van der Waals surface area (Å²) in [5, 5.41) is 0. The monoisotopic (exact) mass is 294 g/mol. The van der Waals surface area contributed by atoms with Crippen LogP contribution in [0.3, 0.4) is 0 Å².